The minimum Gasteiger partial charge on any atom is -0.393 e. The van der Waals surface area contributed by atoms with Crippen LogP contribution < -0.4 is 5.32 Å². The van der Waals surface area contributed by atoms with Gasteiger partial charge in [-0.15, -0.1) is 0 Å². The first-order valence-electron chi connectivity index (χ1n) is 10.6. The fourth-order valence-corrected chi connectivity index (χ4v) is 7.45. The Morgan fingerprint density at radius 1 is 1.00 bits per heavy atom. The van der Waals surface area contributed by atoms with Crippen LogP contribution in [0, 0.1) is 28.6 Å². The van der Waals surface area contributed by atoms with Crippen molar-refractivity contribution in [2.75, 3.05) is 0 Å². The van der Waals surface area contributed by atoms with Gasteiger partial charge >= 0.3 is 0 Å². The maximum absolute atomic E-state index is 10.1. The highest BCUT2D eigenvalue weighted by Crippen LogP contribution is 2.64. The largest absolute Gasteiger partial charge is 0.393 e. The highest BCUT2D eigenvalue weighted by molar-refractivity contribution is 5.25. The SMILES string of the molecule is C[C@]12CCC3C(CC=C4CC(O)CC[C@@]43C)C1CCC2NC1CC1. The molecule has 0 aliphatic heterocycles. The van der Waals surface area contributed by atoms with Crippen molar-refractivity contribution < 1.29 is 5.11 Å². The molecule has 24 heavy (non-hydrogen) atoms. The number of aliphatic hydroxyl groups excluding tert-OH is 1. The summed E-state index contributed by atoms with van der Waals surface area (Å²) < 4.78 is 0. The van der Waals surface area contributed by atoms with Crippen LogP contribution in [0.15, 0.2) is 11.6 Å². The molecule has 4 fully saturated rings. The number of hydrogen-bond donors (Lipinski definition) is 2. The molecule has 0 aromatic rings. The van der Waals surface area contributed by atoms with Crippen LogP contribution in [0.3, 0.4) is 0 Å². The van der Waals surface area contributed by atoms with Gasteiger partial charge in [0.15, 0.2) is 0 Å². The van der Waals surface area contributed by atoms with Crippen LogP contribution in [0.4, 0.5) is 0 Å². The Hall–Kier alpha value is -0.340. The maximum atomic E-state index is 10.1. The predicted octanol–water partition coefficient (Wildman–Crippen LogP) is 4.43. The number of aliphatic hydroxyl groups is 1. The lowest BCUT2D eigenvalue weighted by atomic mass is 9.48. The van der Waals surface area contributed by atoms with E-state index < -0.39 is 0 Å². The Morgan fingerprint density at radius 2 is 1.83 bits per heavy atom. The Balaban J connectivity index is 1.42. The summed E-state index contributed by atoms with van der Waals surface area (Å²) in [5.41, 5.74) is 2.54. The van der Waals surface area contributed by atoms with Crippen molar-refractivity contribution in [2.24, 2.45) is 28.6 Å². The first kappa shape index (κ1) is 15.9. The molecule has 2 heteroatoms. The van der Waals surface area contributed by atoms with Crippen LogP contribution in [-0.4, -0.2) is 23.3 Å². The standard InChI is InChI=1S/C22H35NO/c1-21-11-9-16(24)13-14(21)3-6-17-18-7-8-20(23-15-4-5-15)22(18,2)12-10-19(17)21/h3,15-20,23-24H,4-13H2,1-2H3/t16?,17?,18?,19?,20?,21-,22-/m0/s1. The second-order valence-corrected chi connectivity index (χ2v) is 10.3. The summed E-state index contributed by atoms with van der Waals surface area (Å²) in [5.74, 6) is 2.70. The molecule has 2 nitrogen and oxygen atoms in total. The highest BCUT2D eigenvalue weighted by atomic mass is 16.3. The fraction of sp³-hybridized carbons (Fsp3) is 0.909. The van der Waals surface area contributed by atoms with Crippen LogP contribution in [-0.2, 0) is 0 Å². The minimum absolute atomic E-state index is 0.0756. The van der Waals surface area contributed by atoms with Crippen molar-refractivity contribution in [1.29, 1.82) is 0 Å². The molecule has 5 unspecified atom stereocenters. The lowest BCUT2D eigenvalue weighted by Gasteiger charge is -2.58. The zero-order valence-corrected chi connectivity index (χ0v) is 15.6. The van der Waals surface area contributed by atoms with Gasteiger partial charge in [-0.05, 0) is 92.8 Å². The van der Waals surface area contributed by atoms with E-state index in [4.69, 9.17) is 0 Å². The summed E-state index contributed by atoms with van der Waals surface area (Å²) in [6.45, 7) is 5.16. The van der Waals surface area contributed by atoms with Crippen LogP contribution in [0.1, 0.15) is 78.1 Å². The summed E-state index contributed by atoms with van der Waals surface area (Å²) in [4.78, 5) is 0. The number of nitrogens with one attached hydrogen (secondary N) is 1. The van der Waals surface area contributed by atoms with E-state index in [9.17, 15) is 5.11 Å². The van der Waals surface area contributed by atoms with E-state index in [-0.39, 0.29) is 6.10 Å². The molecular weight excluding hydrogens is 294 g/mol. The van der Waals surface area contributed by atoms with Gasteiger partial charge in [0.2, 0.25) is 0 Å². The zero-order valence-electron chi connectivity index (χ0n) is 15.6. The Bertz CT molecular complexity index is 552. The van der Waals surface area contributed by atoms with E-state index in [2.05, 4.69) is 25.2 Å². The quantitative estimate of drug-likeness (QED) is 0.735. The lowest BCUT2D eigenvalue weighted by molar-refractivity contribution is -0.0435. The summed E-state index contributed by atoms with van der Waals surface area (Å²) in [6.07, 6.45) is 15.5. The Labute approximate surface area is 147 Å². The molecule has 0 aromatic carbocycles. The first-order valence-corrected chi connectivity index (χ1v) is 10.6. The van der Waals surface area contributed by atoms with Crippen LogP contribution in [0.25, 0.3) is 0 Å². The third-order valence-electron chi connectivity index (χ3n) is 9.09. The first-order chi connectivity index (χ1) is 11.5. The molecule has 5 rings (SSSR count). The van der Waals surface area contributed by atoms with Crippen molar-refractivity contribution in [2.45, 2.75) is 96.2 Å². The predicted molar refractivity (Wildman–Crippen MR) is 97.7 cm³/mol. The monoisotopic (exact) mass is 329 g/mol. The Kier molecular flexibility index (Phi) is 3.53. The summed E-state index contributed by atoms with van der Waals surface area (Å²) >= 11 is 0. The summed E-state index contributed by atoms with van der Waals surface area (Å²) in [5, 5.41) is 14.1. The molecule has 0 spiro atoms. The average Bonchev–Trinajstić information content (AvgIpc) is 3.31. The van der Waals surface area contributed by atoms with Crippen molar-refractivity contribution in [3.05, 3.63) is 11.6 Å². The van der Waals surface area contributed by atoms with Gasteiger partial charge in [0.25, 0.3) is 0 Å². The molecule has 134 valence electrons. The highest BCUT2D eigenvalue weighted by Gasteiger charge is 2.58. The fourth-order valence-electron chi connectivity index (χ4n) is 7.45. The van der Waals surface area contributed by atoms with Crippen molar-refractivity contribution in [1.82, 2.24) is 5.32 Å². The number of allylic oxidation sites excluding steroid dienone is 1. The molecule has 0 heterocycles. The Morgan fingerprint density at radius 3 is 2.62 bits per heavy atom. The van der Waals surface area contributed by atoms with Gasteiger partial charge in [-0.3, -0.25) is 0 Å². The van der Waals surface area contributed by atoms with Crippen LogP contribution in [0.2, 0.25) is 0 Å². The molecule has 0 aromatic heterocycles. The normalized spacial score (nSPS) is 53.8. The molecule has 7 atom stereocenters. The van der Waals surface area contributed by atoms with Gasteiger partial charge in [-0.1, -0.05) is 25.5 Å². The molecule has 0 amide bonds. The molecule has 5 aliphatic carbocycles. The van der Waals surface area contributed by atoms with E-state index >= 15 is 0 Å². The van der Waals surface area contributed by atoms with Gasteiger partial charge in [0.1, 0.15) is 0 Å². The van der Waals surface area contributed by atoms with E-state index in [1.54, 1.807) is 5.57 Å². The van der Waals surface area contributed by atoms with Gasteiger partial charge in [0.05, 0.1) is 6.10 Å². The molecule has 2 N–H and O–H groups in total. The van der Waals surface area contributed by atoms with E-state index in [1.165, 1.54) is 51.4 Å². The summed E-state index contributed by atoms with van der Waals surface area (Å²) in [6, 6.07) is 1.63. The van der Waals surface area contributed by atoms with Gasteiger partial charge in [-0.25, -0.2) is 0 Å². The maximum Gasteiger partial charge on any atom is 0.0577 e. The van der Waals surface area contributed by atoms with E-state index in [0.29, 0.717) is 10.8 Å². The minimum atomic E-state index is -0.0756. The number of hydrogen-bond acceptors (Lipinski definition) is 2. The second kappa shape index (κ2) is 5.33. The molecule has 0 saturated heterocycles. The average molecular weight is 330 g/mol. The third-order valence-corrected chi connectivity index (χ3v) is 9.09. The van der Waals surface area contributed by atoms with Crippen molar-refractivity contribution >= 4 is 0 Å². The molecular formula is C22H35NO. The molecule has 5 aliphatic rings. The lowest BCUT2D eigenvalue weighted by Crippen LogP contribution is -2.53. The summed E-state index contributed by atoms with van der Waals surface area (Å²) in [7, 11) is 0. The van der Waals surface area contributed by atoms with Gasteiger partial charge < -0.3 is 10.4 Å². The molecule has 0 bridgehead atoms. The topological polar surface area (TPSA) is 32.3 Å². The number of fused-ring (bicyclic) bond motifs is 5. The van der Waals surface area contributed by atoms with Crippen LogP contribution in [0.5, 0.6) is 0 Å². The third kappa shape index (κ3) is 2.21. The zero-order chi connectivity index (χ0) is 16.5. The van der Waals surface area contributed by atoms with Gasteiger partial charge in [0, 0.05) is 12.1 Å². The molecule has 4 saturated carbocycles. The van der Waals surface area contributed by atoms with E-state index in [1.807, 2.05) is 0 Å². The molecule has 0 radical (unpaired) electrons. The number of rotatable bonds is 2. The smallest absolute Gasteiger partial charge is 0.0577 e. The van der Waals surface area contributed by atoms with Crippen molar-refractivity contribution in [3.63, 3.8) is 0 Å². The van der Waals surface area contributed by atoms with E-state index in [0.717, 1.165) is 42.7 Å². The van der Waals surface area contributed by atoms with Gasteiger partial charge in [-0.2, -0.15) is 0 Å². The van der Waals surface area contributed by atoms with Crippen molar-refractivity contribution in [3.8, 4) is 0 Å². The van der Waals surface area contributed by atoms with Crippen LogP contribution >= 0.6 is 0 Å². The second-order valence-electron chi connectivity index (χ2n) is 10.3.